The van der Waals surface area contributed by atoms with Crippen molar-refractivity contribution >= 4 is 26.5 Å². The van der Waals surface area contributed by atoms with Gasteiger partial charge in [-0.15, -0.1) is 0 Å². The number of phenols is 1. The van der Waals surface area contributed by atoms with Crippen molar-refractivity contribution in [1.82, 2.24) is 9.38 Å². The second kappa shape index (κ2) is 4.60. The van der Waals surface area contributed by atoms with Gasteiger partial charge in [0.15, 0.2) is 4.96 Å². The molecule has 0 aliphatic carbocycles. The van der Waals surface area contributed by atoms with Crippen molar-refractivity contribution in [1.29, 1.82) is 0 Å². The summed E-state index contributed by atoms with van der Waals surface area (Å²) in [5, 5.41) is 9.64. The fourth-order valence-electron chi connectivity index (χ4n) is 2.75. The Labute approximate surface area is 126 Å². The van der Waals surface area contributed by atoms with Gasteiger partial charge in [0, 0.05) is 6.42 Å². The lowest BCUT2D eigenvalue weighted by Crippen LogP contribution is -1.95. The van der Waals surface area contributed by atoms with Crippen LogP contribution in [0.1, 0.15) is 17.0 Å². The average Bonchev–Trinajstić information content (AvgIpc) is 2.96. The van der Waals surface area contributed by atoms with Gasteiger partial charge in [0.2, 0.25) is 0 Å². The van der Waals surface area contributed by atoms with Gasteiger partial charge in [0.25, 0.3) is 0 Å². The topological polar surface area (TPSA) is 37.5 Å². The minimum Gasteiger partial charge on any atom is -0.508 e. The highest BCUT2D eigenvalue weighted by Crippen LogP contribution is 2.29. The largest absolute Gasteiger partial charge is 0.508 e. The Kier molecular flexibility index (Phi) is 2.72. The Balaban J connectivity index is 1.92. The van der Waals surface area contributed by atoms with Crippen molar-refractivity contribution in [2.24, 2.45) is 0 Å². The molecule has 0 bridgehead atoms. The predicted molar refractivity (Wildman–Crippen MR) is 86.2 cm³/mol. The summed E-state index contributed by atoms with van der Waals surface area (Å²) in [5.41, 5.74) is 4.53. The second-order valence-electron chi connectivity index (χ2n) is 5.18. The molecule has 0 atom stereocenters. The quantitative estimate of drug-likeness (QED) is 0.603. The van der Waals surface area contributed by atoms with E-state index in [9.17, 15) is 5.11 Å². The van der Waals surface area contributed by atoms with Crippen LogP contribution in [0.25, 0.3) is 15.2 Å². The molecule has 0 saturated heterocycles. The number of phenolic OH excluding ortho intramolecular Hbond substituents is 1. The molecule has 2 aromatic heterocycles. The number of para-hydroxylation sites is 1. The number of nitrogens with zero attached hydrogens (tertiary/aromatic N) is 2. The summed E-state index contributed by atoms with van der Waals surface area (Å²) in [4.78, 5) is 5.72. The monoisotopic (exact) mass is 294 g/mol. The first-order chi connectivity index (χ1) is 10.2. The van der Waals surface area contributed by atoms with Crippen molar-refractivity contribution in [2.45, 2.75) is 13.3 Å². The van der Waals surface area contributed by atoms with Gasteiger partial charge in [-0.05, 0) is 36.8 Å². The molecule has 1 N–H and O–H groups in total. The number of hydrogen-bond donors (Lipinski definition) is 1. The third-order valence-electron chi connectivity index (χ3n) is 3.73. The molecular formula is C17H14N2OS. The first-order valence-electron chi connectivity index (χ1n) is 6.86. The van der Waals surface area contributed by atoms with E-state index in [-0.39, 0.29) is 0 Å². The van der Waals surface area contributed by atoms with Crippen molar-refractivity contribution in [3.63, 3.8) is 0 Å². The zero-order valence-corrected chi connectivity index (χ0v) is 12.4. The lowest BCUT2D eigenvalue weighted by atomic mass is 10.1. The molecule has 0 fully saturated rings. The zero-order chi connectivity index (χ0) is 14.4. The fourth-order valence-corrected chi connectivity index (χ4v) is 3.84. The SMILES string of the molecule is Cc1nc2sc3ccccc3n2c1Cc1cccc(O)c1. The van der Waals surface area contributed by atoms with Crippen LogP contribution in [0.15, 0.2) is 48.5 Å². The summed E-state index contributed by atoms with van der Waals surface area (Å²) >= 11 is 1.71. The molecule has 0 spiro atoms. The normalized spacial score (nSPS) is 11.5. The van der Waals surface area contributed by atoms with E-state index in [1.165, 1.54) is 15.9 Å². The molecule has 2 aromatic carbocycles. The van der Waals surface area contributed by atoms with Crippen LogP contribution >= 0.6 is 11.3 Å². The van der Waals surface area contributed by atoms with Crippen LogP contribution in [0.4, 0.5) is 0 Å². The smallest absolute Gasteiger partial charge is 0.195 e. The number of aryl methyl sites for hydroxylation is 1. The first kappa shape index (κ1) is 12.4. The van der Waals surface area contributed by atoms with Crippen LogP contribution in [0, 0.1) is 6.92 Å². The Morgan fingerprint density at radius 3 is 2.86 bits per heavy atom. The van der Waals surface area contributed by atoms with Crippen molar-refractivity contribution < 1.29 is 5.11 Å². The number of aromatic nitrogens is 2. The minimum absolute atomic E-state index is 0.307. The Hall–Kier alpha value is -2.33. The molecule has 0 aliphatic rings. The van der Waals surface area contributed by atoms with Gasteiger partial charge in [-0.2, -0.15) is 0 Å². The van der Waals surface area contributed by atoms with Crippen LogP contribution in [0.2, 0.25) is 0 Å². The van der Waals surface area contributed by atoms with Crippen LogP contribution < -0.4 is 0 Å². The summed E-state index contributed by atoms with van der Waals surface area (Å²) in [7, 11) is 0. The Morgan fingerprint density at radius 2 is 2.00 bits per heavy atom. The molecule has 0 aliphatic heterocycles. The average molecular weight is 294 g/mol. The summed E-state index contributed by atoms with van der Waals surface area (Å²) in [6.45, 7) is 2.05. The summed E-state index contributed by atoms with van der Waals surface area (Å²) in [5.74, 6) is 0.307. The van der Waals surface area contributed by atoms with Crippen LogP contribution in [0.3, 0.4) is 0 Å². The molecule has 4 heteroatoms. The van der Waals surface area contributed by atoms with E-state index in [4.69, 9.17) is 0 Å². The maximum absolute atomic E-state index is 9.64. The summed E-state index contributed by atoms with van der Waals surface area (Å²) in [6.07, 6.45) is 0.766. The highest BCUT2D eigenvalue weighted by atomic mass is 32.1. The van der Waals surface area contributed by atoms with Crippen molar-refractivity contribution in [3.8, 4) is 5.75 Å². The van der Waals surface area contributed by atoms with Crippen molar-refractivity contribution in [3.05, 3.63) is 65.5 Å². The molecule has 0 saturated carbocycles. The highest BCUT2D eigenvalue weighted by molar-refractivity contribution is 7.23. The highest BCUT2D eigenvalue weighted by Gasteiger charge is 2.14. The zero-order valence-electron chi connectivity index (χ0n) is 11.6. The molecule has 21 heavy (non-hydrogen) atoms. The van der Waals surface area contributed by atoms with Gasteiger partial charge in [-0.1, -0.05) is 35.6 Å². The van der Waals surface area contributed by atoms with Crippen molar-refractivity contribution in [2.75, 3.05) is 0 Å². The maximum atomic E-state index is 9.64. The van der Waals surface area contributed by atoms with Gasteiger partial charge >= 0.3 is 0 Å². The Bertz CT molecular complexity index is 952. The van der Waals surface area contributed by atoms with Gasteiger partial charge in [-0.3, -0.25) is 4.40 Å². The molecular weight excluding hydrogens is 280 g/mol. The van der Waals surface area contributed by atoms with Gasteiger partial charge < -0.3 is 5.11 Å². The van der Waals surface area contributed by atoms with Crippen LogP contribution in [0.5, 0.6) is 5.75 Å². The molecule has 4 aromatic rings. The molecule has 0 radical (unpaired) electrons. The van der Waals surface area contributed by atoms with Crippen LogP contribution in [-0.4, -0.2) is 14.5 Å². The molecule has 3 nitrogen and oxygen atoms in total. The standard InChI is InChI=1S/C17H14N2OS/c1-11-15(10-12-5-4-6-13(20)9-12)19-14-7-2-3-8-16(14)21-17(19)18-11/h2-9,20H,10H2,1H3. The minimum atomic E-state index is 0.307. The maximum Gasteiger partial charge on any atom is 0.195 e. The first-order valence-corrected chi connectivity index (χ1v) is 7.67. The number of imidazole rings is 1. The number of benzene rings is 2. The van der Waals surface area contributed by atoms with Gasteiger partial charge in [0.05, 0.1) is 21.6 Å². The van der Waals surface area contributed by atoms with E-state index >= 15 is 0 Å². The fraction of sp³-hybridized carbons (Fsp3) is 0.118. The molecule has 2 heterocycles. The molecule has 4 rings (SSSR count). The molecule has 0 amide bonds. The number of aromatic hydroxyl groups is 1. The Morgan fingerprint density at radius 1 is 1.14 bits per heavy atom. The van der Waals surface area contributed by atoms with E-state index in [1.54, 1.807) is 17.4 Å². The summed E-state index contributed by atoms with van der Waals surface area (Å²) in [6, 6.07) is 15.8. The van der Waals surface area contributed by atoms with Crippen LogP contribution in [-0.2, 0) is 6.42 Å². The number of rotatable bonds is 2. The van der Waals surface area contributed by atoms with E-state index in [2.05, 4.69) is 33.7 Å². The number of fused-ring (bicyclic) bond motifs is 3. The summed E-state index contributed by atoms with van der Waals surface area (Å²) < 4.78 is 3.48. The predicted octanol–water partition coefficient (Wildman–Crippen LogP) is 4.15. The van der Waals surface area contributed by atoms with Gasteiger partial charge in [-0.25, -0.2) is 4.98 Å². The number of hydrogen-bond acceptors (Lipinski definition) is 3. The molecule has 104 valence electrons. The third-order valence-corrected chi connectivity index (χ3v) is 4.75. The molecule has 0 unspecified atom stereocenters. The van der Waals surface area contributed by atoms with E-state index in [1.807, 2.05) is 25.1 Å². The second-order valence-corrected chi connectivity index (χ2v) is 6.19. The van der Waals surface area contributed by atoms with Gasteiger partial charge in [0.1, 0.15) is 5.75 Å². The van der Waals surface area contributed by atoms with E-state index in [0.29, 0.717) is 5.75 Å². The van der Waals surface area contributed by atoms with E-state index < -0.39 is 0 Å². The third kappa shape index (κ3) is 1.99. The lowest BCUT2D eigenvalue weighted by Gasteiger charge is -2.04. The van der Waals surface area contributed by atoms with E-state index in [0.717, 1.165) is 22.6 Å². The number of thiazole rings is 1. The lowest BCUT2D eigenvalue weighted by molar-refractivity contribution is 0.474.